The van der Waals surface area contributed by atoms with E-state index in [0.29, 0.717) is 49.5 Å². The topological polar surface area (TPSA) is 81.6 Å². The van der Waals surface area contributed by atoms with Gasteiger partial charge in [-0.05, 0) is 24.5 Å². The maximum atomic E-state index is 13.4. The second-order valence-electron chi connectivity index (χ2n) is 8.72. The van der Waals surface area contributed by atoms with Crippen molar-refractivity contribution in [1.29, 1.82) is 0 Å². The quantitative estimate of drug-likeness (QED) is 0.684. The summed E-state index contributed by atoms with van der Waals surface area (Å²) in [4.78, 5) is 27.5. The largest absolute Gasteiger partial charge is 0.387 e. The zero-order valence-corrected chi connectivity index (χ0v) is 19.8. The first-order valence-electron chi connectivity index (χ1n) is 10.9. The molecular formula is C22H30ClN5O2S. The van der Waals surface area contributed by atoms with E-state index in [9.17, 15) is 9.90 Å². The van der Waals surface area contributed by atoms with Crippen molar-refractivity contribution in [3.8, 4) is 0 Å². The lowest BCUT2D eigenvalue weighted by Crippen LogP contribution is -2.51. The number of aromatic nitrogens is 2. The normalized spacial score (nSPS) is 22.1. The van der Waals surface area contributed by atoms with Gasteiger partial charge in [-0.2, -0.15) is 0 Å². The van der Waals surface area contributed by atoms with Gasteiger partial charge in [-0.25, -0.2) is 9.97 Å². The number of carbonyl (C=O) groups excluding carboxylic acids is 1. The number of amides is 1. The zero-order valence-electron chi connectivity index (χ0n) is 18.2. The number of piperazine rings is 1. The van der Waals surface area contributed by atoms with E-state index in [1.165, 1.54) is 11.3 Å². The second-order valence-corrected chi connectivity index (χ2v) is 10.5. The minimum atomic E-state index is -0.513. The number of aliphatic hydroxyl groups excluding tert-OH is 1. The molecule has 1 aliphatic heterocycles. The Bertz CT molecular complexity index is 928. The summed E-state index contributed by atoms with van der Waals surface area (Å²) in [5, 5.41) is 13.7. The fourth-order valence-electron chi connectivity index (χ4n) is 4.49. The summed E-state index contributed by atoms with van der Waals surface area (Å²) in [6.45, 7) is 9.60. The smallest absolute Gasteiger partial charge is 0.232 e. The van der Waals surface area contributed by atoms with Crippen molar-refractivity contribution in [2.75, 3.05) is 37.6 Å². The van der Waals surface area contributed by atoms with Crippen molar-refractivity contribution in [3.05, 3.63) is 38.9 Å². The van der Waals surface area contributed by atoms with E-state index in [1.807, 2.05) is 17.0 Å². The van der Waals surface area contributed by atoms with Crippen molar-refractivity contribution >= 4 is 34.7 Å². The molecule has 4 rings (SSSR count). The number of halogens is 1. The standard InChI is InChI=1S/C22H30ClN5O2S/c1-13(2)24-11-15(17-4-5-18(23)31-17)22(30)28-8-6-27(7-9-28)21-19-14(3)10-16(29)20(19)25-12-26-21/h4-5,12-16,24,29H,6-11H2,1-3H3. The van der Waals surface area contributed by atoms with E-state index < -0.39 is 6.10 Å². The van der Waals surface area contributed by atoms with E-state index in [4.69, 9.17) is 11.6 Å². The molecule has 0 spiro atoms. The third kappa shape index (κ3) is 4.72. The van der Waals surface area contributed by atoms with E-state index in [2.05, 4.69) is 41.0 Å². The monoisotopic (exact) mass is 463 g/mol. The molecule has 0 radical (unpaired) electrons. The van der Waals surface area contributed by atoms with Gasteiger partial charge >= 0.3 is 0 Å². The van der Waals surface area contributed by atoms with Gasteiger partial charge in [-0.3, -0.25) is 4.79 Å². The molecule has 1 saturated heterocycles. The lowest BCUT2D eigenvalue weighted by atomic mass is 10.0. The van der Waals surface area contributed by atoms with Crippen LogP contribution in [0.15, 0.2) is 18.5 Å². The summed E-state index contributed by atoms with van der Waals surface area (Å²) in [5.41, 5.74) is 1.81. The molecule has 7 nitrogen and oxygen atoms in total. The van der Waals surface area contributed by atoms with Crippen LogP contribution in [0.1, 0.15) is 61.3 Å². The van der Waals surface area contributed by atoms with Gasteiger partial charge in [0.2, 0.25) is 5.91 Å². The molecule has 1 fully saturated rings. The molecule has 3 heterocycles. The van der Waals surface area contributed by atoms with E-state index in [-0.39, 0.29) is 17.7 Å². The van der Waals surface area contributed by atoms with Gasteiger partial charge in [0.1, 0.15) is 12.1 Å². The summed E-state index contributed by atoms with van der Waals surface area (Å²) in [5.74, 6) is 1.05. The number of nitrogens with zero attached hydrogens (tertiary/aromatic N) is 4. The summed E-state index contributed by atoms with van der Waals surface area (Å²) in [6.07, 6.45) is 1.72. The van der Waals surface area contributed by atoms with Crippen molar-refractivity contribution < 1.29 is 9.90 Å². The van der Waals surface area contributed by atoms with Crippen LogP contribution in [0.25, 0.3) is 0 Å². The van der Waals surface area contributed by atoms with Gasteiger partial charge in [0.25, 0.3) is 0 Å². The average molecular weight is 464 g/mol. The number of aliphatic hydroxyl groups is 1. The first-order chi connectivity index (χ1) is 14.8. The Kier molecular flexibility index (Phi) is 6.81. The third-order valence-corrected chi connectivity index (χ3v) is 7.48. The van der Waals surface area contributed by atoms with Crippen molar-refractivity contribution in [3.63, 3.8) is 0 Å². The molecule has 2 N–H and O–H groups in total. The fraction of sp³-hybridized carbons (Fsp3) is 0.591. The number of hydrogen-bond donors (Lipinski definition) is 2. The molecule has 9 heteroatoms. The van der Waals surface area contributed by atoms with Crippen LogP contribution >= 0.6 is 22.9 Å². The number of nitrogens with one attached hydrogen (secondary N) is 1. The maximum absolute atomic E-state index is 13.4. The molecule has 2 aromatic heterocycles. The first kappa shape index (κ1) is 22.5. The Balaban J connectivity index is 1.46. The van der Waals surface area contributed by atoms with Crippen molar-refractivity contribution in [1.82, 2.24) is 20.2 Å². The molecule has 31 heavy (non-hydrogen) atoms. The van der Waals surface area contributed by atoms with Crippen molar-refractivity contribution in [2.24, 2.45) is 0 Å². The summed E-state index contributed by atoms with van der Waals surface area (Å²) >= 11 is 7.63. The minimum absolute atomic E-state index is 0.142. The molecule has 0 aromatic carbocycles. The number of thiophene rings is 1. The first-order valence-corrected chi connectivity index (χ1v) is 12.1. The number of rotatable bonds is 6. The molecule has 0 bridgehead atoms. The SMILES string of the molecule is CC(C)NCC(C(=O)N1CCN(c2ncnc3c2C(C)CC3O)CC1)c1ccc(Cl)s1. The van der Waals surface area contributed by atoms with E-state index >= 15 is 0 Å². The average Bonchev–Trinajstić information content (AvgIpc) is 3.31. The van der Waals surface area contributed by atoms with Crippen LogP contribution in [-0.2, 0) is 4.79 Å². The number of carbonyl (C=O) groups is 1. The summed E-state index contributed by atoms with van der Waals surface area (Å²) in [7, 11) is 0. The van der Waals surface area contributed by atoms with Gasteiger partial charge in [0, 0.05) is 49.2 Å². The molecule has 168 valence electrons. The van der Waals surface area contributed by atoms with Crippen LogP contribution in [-0.4, -0.2) is 64.6 Å². The second kappa shape index (κ2) is 9.40. The highest BCUT2D eigenvalue weighted by Crippen LogP contribution is 2.42. The van der Waals surface area contributed by atoms with Crippen molar-refractivity contribution in [2.45, 2.75) is 51.2 Å². The van der Waals surface area contributed by atoms with E-state index in [0.717, 1.165) is 22.0 Å². The molecule has 2 aliphatic rings. The highest BCUT2D eigenvalue weighted by molar-refractivity contribution is 7.16. The summed E-state index contributed by atoms with van der Waals surface area (Å²) in [6, 6.07) is 4.13. The van der Waals surface area contributed by atoms with Crippen LogP contribution in [0.5, 0.6) is 0 Å². The Labute approximate surface area is 192 Å². The maximum Gasteiger partial charge on any atom is 0.232 e. The van der Waals surface area contributed by atoms with Crippen LogP contribution < -0.4 is 10.2 Å². The number of hydrogen-bond acceptors (Lipinski definition) is 7. The van der Waals surface area contributed by atoms with E-state index in [1.54, 1.807) is 6.33 Å². The predicted octanol–water partition coefficient (Wildman–Crippen LogP) is 3.16. The number of anilines is 1. The van der Waals surface area contributed by atoms with Gasteiger partial charge in [0.05, 0.1) is 22.1 Å². The lowest BCUT2D eigenvalue weighted by molar-refractivity contribution is -0.133. The zero-order chi connectivity index (χ0) is 22.1. The Morgan fingerprint density at radius 2 is 2.03 bits per heavy atom. The van der Waals surface area contributed by atoms with Gasteiger partial charge in [0.15, 0.2) is 0 Å². The molecule has 3 atom stereocenters. The fourth-order valence-corrected chi connectivity index (χ4v) is 5.65. The van der Waals surface area contributed by atoms with Gasteiger partial charge in [-0.1, -0.05) is 32.4 Å². The van der Waals surface area contributed by atoms with Gasteiger partial charge in [-0.15, -0.1) is 11.3 Å². The van der Waals surface area contributed by atoms with Gasteiger partial charge < -0.3 is 20.2 Å². The predicted molar refractivity (Wildman–Crippen MR) is 124 cm³/mol. The summed E-state index contributed by atoms with van der Waals surface area (Å²) < 4.78 is 0.705. The number of fused-ring (bicyclic) bond motifs is 1. The molecule has 2 aromatic rings. The third-order valence-electron chi connectivity index (χ3n) is 6.14. The highest BCUT2D eigenvalue weighted by Gasteiger charge is 2.35. The molecule has 1 aliphatic carbocycles. The Morgan fingerprint density at radius 3 is 2.68 bits per heavy atom. The van der Waals surface area contributed by atoms with Crippen LogP contribution in [0, 0.1) is 0 Å². The van der Waals surface area contributed by atoms with Crippen LogP contribution in [0.2, 0.25) is 4.34 Å². The highest BCUT2D eigenvalue weighted by atomic mass is 35.5. The minimum Gasteiger partial charge on any atom is -0.387 e. The van der Waals surface area contributed by atoms with Crippen LogP contribution in [0.4, 0.5) is 5.82 Å². The molecule has 3 unspecified atom stereocenters. The molecular weight excluding hydrogens is 434 g/mol. The molecule has 0 saturated carbocycles. The Hall–Kier alpha value is -1.74. The Morgan fingerprint density at radius 1 is 1.29 bits per heavy atom. The lowest BCUT2D eigenvalue weighted by Gasteiger charge is -2.38. The molecule has 1 amide bonds. The van der Waals surface area contributed by atoms with Crippen LogP contribution in [0.3, 0.4) is 0 Å².